The minimum absolute atomic E-state index is 0.475. The Bertz CT molecular complexity index is 168. The lowest BCUT2D eigenvalue weighted by molar-refractivity contribution is -0.0221. The molecule has 0 aromatic rings. The van der Waals surface area contributed by atoms with Gasteiger partial charge in [0.25, 0.3) is 0 Å². The fraction of sp³-hybridized carbons (Fsp3) is 1.00. The summed E-state index contributed by atoms with van der Waals surface area (Å²) < 4.78 is 5.88. The average Bonchev–Trinajstić information content (AvgIpc) is 2.00. The highest BCUT2D eigenvalue weighted by Gasteiger charge is 2.32. The van der Waals surface area contributed by atoms with Gasteiger partial charge in [-0.3, -0.25) is 0 Å². The van der Waals surface area contributed by atoms with Gasteiger partial charge in [0, 0.05) is 6.61 Å². The minimum atomic E-state index is 0.475. The van der Waals surface area contributed by atoms with E-state index in [1.54, 1.807) is 0 Å². The van der Waals surface area contributed by atoms with Crippen LogP contribution in [0.2, 0.25) is 0 Å². The standard InChI is InChI=1S/C12H24OS/c1-10-7-11(13-5-4-6-14)9-12(2,3)8-10/h10-11,14H,4-9H2,1-3H3. The smallest absolute Gasteiger partial charge is 0.0582 e. The van der Waals surface area contributed by atoms with E-state index >= 15 is 0 Å². The molecule has 2 heteroatoms. The van der Waals surface area contributed by atoms with Crippen molar-refractivity contribution in [2.45, 2.75) is 52.6 Å². The number of thiol groups is 1. The average molecular weight is 216 g/mol. The molecule has 0 saturated heterocycles. The second-order valence-electron chi connectivity index (χ2n) is 5.48. The van der Waals surface area contributed by atoms with E-state index in [9.17, 15) is 0 Å². The Morgan fingerprint density at radius 1 is 1.36 bits per heavy atom. The Balaban J connectivity index is 2.30. The van der Waals surface area contributed by atoms with Crippen LogP contribution in [-0.2, 0) is 4.74 Å². The molecule has 0 spiro atoms. The van der Waals surface area contributed by atoms with Gasteiger partial charge in [-0.05, 0) is 42.8 Å². The SMILES string of the molecule is CC1CC(OCCCS)CC(C)(C)C1. The molecule has 0 heterocycles. The zero-order valence-electron chi connectivity index (χ0n) is 9.75. The van der Waals surface area contributed by atoms with Gasteiger partial charge in [0.15, 0.2) is 0 Å². The predicted molar refractivity (Wildman–Crippen MR) is 65.0 cm³/mol. The Morgan fingerprint density at radius 3 is 2.64 bits per heavy atom. The van der Waals surface area contributed by atoms with Crippen LogP contribution in [0.1, 0.15) is 46.5 Å². The zero-order chi connectivity index (χ0) is 10.6. The van der Waals surface area contributed by atoms with Crippen molar-refractivity contribution < 1.29 is 4.74 Å². The Kier molecular flexibility index (Phi) is 4.78. The molecule has 1 saturated carbocycles. The first-order valence-corrected chi connectivity index (χ1v) is 6.39. The van der Waals surface area contributed by atoms with Gasteiger partial charge >= 0.3 is 0 Å². The minimum Gasteiger partial charge on any atom is -0.378 e. The maximum Gasteiger partial charge on any atom is 0.0582 e. The van der Waals surface area contributed by atoms with Crippen LogP contribution in [0.4, 0.5) is 0 Å². The molecule has 2 atom stereocenters. The maximum absolute atomic E-state index is 5.88. The largest absolute Gasteiger partial charge is 0.378 e. The third kappa shape index (κ3) is 4.22. The van der Waals surface area contributed by atoms with Crippen LogP contribution in [0.15, 0.2) is 0 Å². The number of rotatable bonds is 4. The molecule has 0 aromatic carbocycles. The molecule has 0 radical (unpaired) electrons. The first-order chi connectivity index (χ1) is 6.53. The van der Waals surface area contributed by atoms with Gasteiger partial charge in [-0.25, -0.2) is 0 Å². The van der Waals surface area contributed by atoms with E-state index in [2.05, 4.69) is 33.4 Å². The molecule has 0 aliphatic heterocycles. The monoisotopic (exact) mass is 216 g/mol. The molecule has 84 valence electrons. The summed E-state index contributed by atoms with van der Waals surface area (Å²) in [6.45, 7) is 7.95. The van der Waals surface area contributed by atoms with Crippen LogP contribution in [-0.4, -0.2) is 18.5 Å². The molecule has 2 unspecified atom stereocenters. The summed E-state index contributed by atoms with van der Waals surface area (Å²) in [6, 6.07) is 0. The Hall–Kier alpha value is 0.310. The molecule has 0 N–H and O–H groups in total. The van der Waals surface area contributed by atoms with Crippen molar-refractivity contribution in [2.75, 3.05) is 12.4 Å². The van der Waals surface area contributed by atoms with Gasteiger partial charge < -0.3 is 4.74 Å². The molecule has 0 bridgehead atoms. The maximum atomic E-state index is 5.88. The summed E-state index contributed by atoms with van der Waals surface area (Å²) in [7, 11) is 0. The van der Waals surface area contributed by atoms with E-state index in [1.165, 1.54) is 19.3 Å². The topological polar surface area (TPSA) is 9.23 Å². The molecule has 1 aliphatic carbocycles. The van der Waals surface area contributed by atoms with Crippen LogP contribution in [0, 0.1) is 11.3 Å². The number of hydrogen-bond donors (Lipinski definition) is 1. The quantitative estimate of drug-likeness (QED) is 0.558. The molecule has 1 aliphatic rings. The van der Waals surface area contributed by atoms with E-state index in [0.717, 1.165) is 24.7 Å². The van der Waals surface area contributed by atoms with E-state index in [4.69, 9.17) is 4.74 Å². The summed E-state index contributed by atoms with van der Waals surface area (Å²) in [6.07, 6.45) is 5.39. The van der Waals surface area contributed by atoms with Gasteiger partial charge in [-0.1, -0.05) is 20.8 Å². The van der Waals surface area contributed by atoms with Gasteiger partial charge in [-0.2, -0.15) is 12.6 Å². The van der Waals surface area contributed by atoms with Gasteiger partial charge in [0.1, 0.15) is 0 Å². The van der Waals surface area contributed by atoms with Crippen molar-refractivity contribution >= 4 is 12.6 Å². The molecular formula is C12H24OS. The Morgan fingerprint density at radius 2 is 2.07 bits per heavy atom. The normalized spacial score (nSPS) is 31.7. The lowest BCUT2D eigenvalue weighted by Gasteiger charge is -2.38. The lowest BCUT2D eigenvalue weighted by atomic mass is 9.71. The van der Waals surface area contributed by atoms with Crippen molar-refractivity contribution in [3.05, 3.63) is 0 Å². The molecule has 14 heavy (non-hydrogen) atoms. The van der Waals surface area contributed by atoms with E-state index in [1.807, 2.05) is 0 Å². The van der Waals surface area contributed by atoms with Crippen LogP contribution >= 0.6 is 12.6 Å². The molecule has 1 nitrogen and oxygen atoms in total. The van der Waals surface area contributed by atoms with E-state index < -0.39 is 0 Å². The first kappa shape index (κ1) is 12.4. The molecule has 0 amide bonds. The summed E-state index contributed by atoms with van der Waals surface area (Å²) in [5.41, 5.74) is 0.475. The zero-order valence-corrected chi connectivity index (χ0v) is 10.6. The highest BCUT2D eigenvalue weighted by atomic mass is 32.1. The summed E-state index contributed by atoms with van der Waals surface area (Å²) in [4.78, 5) is 0. The molecule has 1 fully saturated rings. The fourth-order valence-corrected chi connectivity index (χ4v) is 2.83. The van der Waals surface area contributed by atoms with Crippen molar-refractivity contribution in [3.8, 4) is 0 Å². The van der Waals surface area contributed by atoms with Crippen LogP contribution in [0.3, 0.4) is 0 Å². The highest BCUT2D eigenvalue weighted by Crippen LogP contribution is 2.39. The second-order valence-corrected chi connectivity index (χ2v) is 5.93. The fourth-order valence-electron chi connectivity index (χ4n) is 2.70. The lowest BCUT2D eigenvalue weighted by Crippen LogP contribution is -2.32. The van der Waals surface area contributed by atoms with Crippen LogP contribution in [0.5, 0.6) is 0 Å². The van der Waals surface area contributed by atoms with Gasteiger partial charge in [0.2, 0.25) is 0 Å². The van der Waals surface area contributed by atoms with E-state index in [0.29, 0.717) is 11.5 Å². The summed E-state index contributed by atoms with van der Waals surface area (Å²) in [5.74, 6) is 1.76. The van der Waals surface area contributed by atoms with Crippen molar-refractivity contribution in [2.24, 2.45) is 11.3 Å². The van der Waals surface area contributed by atoms with Crippen LogP contribution in [0.25, 0.3) is 0 Å². The van der Waals surface area contributed by atoms with Crippen molar-refractivity contribution in [1.82, 2.24) is 0 Å². The first-order valence-electron chi connectivity index (χ1n) is 5.76. The van der Waals surface area contributed by atoms with Crippen molar-refractivity contribution in [3.63, 3.8) is 0 Å². The summed E-state index contributed by atoms with van der Waals surface area (Å²) >= 11 is 4.19. The van der Waals surface area contributed by atoms with E-state index in [-0.39, 0.29) is 0 Å². The third-order valence-electron chi connectivity index (χ3n) is 3.00. The number of ether oxygens (including phenoxy) is 1. The third-order valence-corrected chi connectivity index (χ3v) is 3.32. The summed E-state index contributed by atoms with van der Waals surface area (Å²) in [5, 5.41) is 0. The molecule has 1 rings (SSSR count). The number of hydrogen-bond acceptors (Lipinski definition) is 2. The van der Waals surface area contributed by atoms with Gasteiger partial charge in [0.05, 0.1) is 6.10 Å². The van der Waals surface area contributed by atoms with Crippen LogP contribution < -0.4 is 0 Å². The molecule has 0 aromatic heterocycles. The van der Waals surface area contributed by atoms with Gasteiger partial charge in [-0.15, -0.1) is 0 Å². The van der Waals surface area contributed by atoms with Crippen molar-refractivity contribution in [1.29, 1.82) is 0 Å². The molecular weight excluding hydrogens is 192 g/mol. The Labute approximate surface area is 94.0 Å². The predicted octanol–water partition coefficient (Wildman–Crippen LogP) is 3.54. The second kappa shape index (κ2) is 5.41. The highest BCUT2D eigenvalue weighted by molar-refractivity contribution is 7.80.